The SMILES string of the molecule is CNC(=O)c1cccc(NC(=O)CSc2nnc(C3CC3)o2)c1. The zero-order valence-corrected chi connectivity index (χ0v) is 13.4. The molecule has 0 radical (unpaired) electrons. The molecule has 0 saturated heterocycles. The number of hydrogen-bond acceptors (Lipinski definition) is 6. The van der Waals surface area contributed by atoms with E-state index in [1.807, 2.05) is 0 Å². The molecule has 2 amide bonds. The molecule has 1 heterocycles. The predicted molar refractivity (Wildman–Crippen MR) is 85.5 cm³/mol. The molecule has 1 aromatic carbocycles. The zero-order chi connectivity index (χ0) is 16.2. The molecular weight excluding hydrogens is 316 g/mol. The molecule has 23 heavy (non-hydrogen) atoms. The number of aromatic nitrogens is 2. The van der Waals surface area contributed by atoms with E-state index in [0.717, 1.165) is 12.8 Å². The molecule has 120 valence electrons. The first-order valence-electron chi connectivity index (χ1n) is 7.24. The van der Waals surface area contributed by atoms with E-state index in [1.165, 1.54) is 11.8 Å². The first kappa shape index (κ1) is 15.5. The highest BCUT2D eigenvalue weighted by atomic mass is 32.2. The lowest BCUT2D eigenvalue weighted by atomic mass is 10.2. The number of rotatable bonds is 6. The summed E-state index contributed by atoms with van der Waals surface area (Å²) in [4.78, 5) is 23.5. The monoisotopic (exact) mass is 332 g/mol. The summed E-state index contributed by atoms with van der Waals surface area (Å²) < 4.78 is 5.48. The molecule has 7 nitrogen and oxygen atoms in total. The Morgan fingerprint density at radius 2 is 2.17 bits per heavy atom. The van der Waals surface area contributed by atoms with Crippen molar-refractivity contribution in [3.05, 3.63) is 35.7 Å². The molecule has 0 spiro atoms. The molecule has 0 bridgehead atoms. The highest BCUT2D eigenvalue weighted by Crippen LogP contribution is 2.39. The predicted octanol–water partition coefficient (Wildman–Crippen LogP) is 2.04. The smallest absolute Gasteiger partial charge is 0.277 e. The summed E-state index contributed by atoms with van der Waals surface area (Å²) in [6.07, 6.45) is 2.18. The Morgan fingerprint density at radius 3 is 2.91 bits per heavy atom. The molecule has 1 aromatic heterocycles. The maximum absolute atomic E-state index is 12.0. The maximum atomic E-state index is 12.0. The first-order valence-corrected chi connectivity index (χ1v) is 8.22. The van der Waals surface area contributed by atoms with Crippen molar-refractivity contribution in [3.8, 4) is 0 Å². The van der Waals surface area contributed by atoms with E-state index in [2.05, 4.69) is 20.8 Å². The van der Waals surface area contributed by atoms with Crippen molar-refractivity contribution in [2.45, 2.75) is 24.0 Å². The summed E-state index contributed by atoms with van der Waals surface area (Å²) in [5, 5.41) is 13.6. The minimum Gasteiger partial charge on any atom is -0.416 e. The van der Waals surface area contributed by atoms with Crippen LogP contribution in [-0.2, 0) is 4.79 Å². The van der Waals surface area contributed by atoms with Crippen LogP contribution in [0.5, 0.6) is 0 Å². The molecule has 3 rings (SSSR count). The van der Waals surface area contributed by atoms with Crippen LogP contribution in [-0.4, -0.2) is 34.8 Å². The number of nitrogens with zero attached hydrogens (tertiary/aromatic N) is 2. The quantitative estimate of drug-likeness (QED) is 0.786. The number of anilines is 1. The van der Waals surface area contributed by atoms with Gasteiger partial charge in [0.1, 0.15) is 0 Å². The Bertz CT molecular complexity index is 727. The average molecular weight is 332 g/mol. The van der Waals surface area contributed by atoms with Gasteiger partial charge in [-0.05, 0) is 31.0 Å². The number of hydrogen-bond donors (Lipinski definition) is 2. The Hall–Kier alpha value is -2.35. The lowest BCUT2D eigenvalue weighted by Gasteiger charge is -2.06. The standard InChI is InChI=1S/C15H16N4O3S/c1-16-13(21)10-3-2-4-11(7-10)17-12(20)8-23-15-19-18-14(22-15)9-5-6-9/h2-4,7,9H,5-6,8H2,1H3,(H,16,21)(H,17,20). The normalized spacial score (nSPS) is 13.6. The van der Waals surface area contributed by atoms with Crippen LogP contribution in [0.4, 0.5) is 5.69 Å². The fraction of sp³-hybridized carbons (Fsp3) is 0.333. The fourth-order valence-corrected chi connectivity index (χ4v) is 2.55. The van der Waals surface area contributed by atoms with Gasteiger partial charge < -0.3 is 15.1 Å². The molecule has 2 N–H and O–H groups in total. The molecule has 1 aliphatic rings. The average Bonchev–Trinajstić information content (AvgIpc) is 3.31. The van der Waals surface area contributed by atoms with Gasteiger partial charge in [-0.3, -0.25) is 9.59 Å². The van der Waals surface area contributed by atoms with Gasteiger partial charge in [0, 0.05) is 24.2 Å². The summed E-state index contributed by atoms with van der Waals surface area (Å²) in [6, 6.07) is 6.75. The van der Waals surface area contributed by atoms with Gasteiger partial charge in [0.15, 0.2) is 0 Å². The van der Waals surface area contributed by atoms with Crippen molar-refractivity contribution in [3.63, 3.8) is 0 Å². The van der Waals surface area contributed by atoms with Crippen LogP contribution >= 0.6 is 11.8 Å². The van der Waals surface area contributed by atoms with E-state index in [4.69, 9.17) is 4.42 Å². The van der Waals surface area contributed by atoms with Gasteiger partial charge in [-0.25, -0.2) is 0 Å². The lowest BCUT2D eigenvalue weighted by Crippen LogP contribution is -2.18. The summed E-state index contributed by atoms with van der Waals surface area (Å²) in [7, 11) is 1.56. The molecule has 1 saturated carbocycles. The third-order valence-electron chi connectivity index (χ3n) is 3.31. The van der Waals surface area contributed by atoms with Gasteiger partial charge in [0.2, 0.25) is 11.8 Å². The molecule has 0 unspecified atom stereocenters. The second-order valence-electron chi connectivity index (χ2n) is 5.18. The van der Waals surface area contributed by atoms with Crippen molar-refractivity contribution < 1.29 is 14.0 Å². The van der Waals surface area contributed by atoms with E-state index >= 15 is 0 Å². The highest BCUT2D eigenvalue weighted by molar-refractivity contribution is 7.99. The topological polar surface area (TPSA) is 97.1 Å². The van der Waals surface area contributed by atoms with Crippen LogP contribution in [0, 0.1) is 0 Å². The van der Waals surface area contributed by atoms with Crippen LogP contribution in [0.1, 0.15) is 35.0 Å². The molecular formula is C15H16N4O3S. The van der Waals surface area contributed by atoms with Crippen LogP contribution in [0.2, 0.25) is 0 Å². The molecule has 8 heteroatoms. The first-order chi connectivity index (χ1) is 11.2. The van der Waals surface area contributed by atoms with Gasteiger partial charge in [-0.15, -0.1) is 10.2 Å². The van der Waals surface area contributed by atoms with Gasteiger partial charge >= 0.3 is 0 Å². The number of amides is 2. The second-order valence-corrected chi connectivity index (χ2v) is 6.10. The Kier molecular flexibility index (Phi) is 4.61. The van der Waals surface area contributed by atoms with Crippen LogP contribution < -0.4 is 10.6 Å². The second kappa shape index (κ2) is 6.82. The van der Waals surface area contributed by atoms with E-state index in [-0.39, 0.29) is 17.6 Å². The third-order valence-corrected chi connectivity index (χ3v) is 4.13. The lowest BCUT2D eigenvalue weighted by molar-refractivity contribution is -0.113. The van der Waals surface area contributed by atoms with Crippen molar-refractivity contribution >= 4 is 29.3 Å². The third kappa shape index (κ3) is 4.10. The van der Waals surface area contributed by atoms with Crippen molar-refractivity contribution in [2.24, 2.45) is 0 Å². The summed E-state index contributed by atoms with van der Waals surface area (Å²) >= 11 is 1.20. The van der Waals surface area contributed by atoms with E-state index in [9.17, 15) is 9.59 Å². The summed E-state index contributed by atoms with van der Waals surface area (Å²) in [5.41, 5.74) is 1.06. The summed E-state index contributed by atoms with van der Waals surface area (Å²) in [5.74, 6) is 0.824. The molecule has 2 aromatic rings. The van der Waals surface area contributed by atoms with Crippen LogP contribution in [0.3, 0.4) is 0 Å². The number of benzene rings is 1. The maximum Gasteiger partial charge on any atom is 0.277 e. The number of nitrogens with one attached hydrogen (secondary N) is 2. The highest BCUT2D eigenvalue weighted by Gasteiger charge is 2.29. The number of carbonyl (C=O) groups is 2. The van der Waals surface area contributed by atoms with Crippen LogP contribution in [0.25, 0.3) is 0 Å². The van der Waals surface area contributed by atoms with E-state index < -0.39 is 0 Å². The Balaban J connectivity index is 1.53. The van der Waals surface area contributed by atoms with E-state index in [1.54, 1.807) is 31.3 Å². The van der Waals surface area contributed by atoms with Crippen molar-refractivity contribution in [1.29, 1.82) is 0 Å². The number of thioether (sulfide) groups is 1. The molecule has 0 aliphatic heterocycles. The van der Waals surface area contributed by atoms with Gasteiger partial charge in [0.25, 0.3) is 11.1 Å². The zero-order valence-electron chi connectivity index (χ0n) is 12.5. The number of carbonyl (C=O) groups excluding carboxylic acids is 2. The van der Waals surface area contributed by atoms with Gasteiger partial charge in [-0.1, -0.05) is 17.8 Å². The fourth-order valence-electron chi connectivity index (χ4n) is 1.98. The summed E-state index contributed by atoms with van der Waals surface area (Å²) in [6.45, 7) is 0. The minimum absolute atomic E-state index is 0.163. The molecule has 0 atom stereocenters. The van der Waals surface area contributed by atoms with Crippen molar-refractivity contribution in [2.75, 3.05) is 18.1 Å². The van der Waals surface area contributed by atoms with Gasteiger partial charge in [0.05, 0.1) is 5.75 Å². The largest absolute Gasteiger partial charge is 0.416 e. The van der Waals surface area contributed by atoms with Crippen molar-refractivity contribution in [1.82, 2.24) is 15.5 Å². The Morgan fingerprint density at radius 1 is 1.35 bits per heavy atom. The molecule has 1 fully saturated rings. The minimum atomic E-state index is -0.200. The Labute approximate surface area is 137 Å². The van der Waals surface area contributed by atoms with Crippen LogP contribution in [0.15, 0.2) is 33.9 Å². The van der Waals surface area contributed by atoms with Gasteiger partial charge in [-0.2, -0.15) is 0 Å². The molecule has 1 aliphatic carbocycles. The van der Waals surface area contributed by atoms with E-state index in [0.29, 0.717) is 28.3 Å².